The van der Waals surface area contributed by atoms with Crippen LogP contribution in [0.4, 0.5) is 5.69 Å². The first-order valence-corrected chi connectivity index (χ1v) is 11.4. The van der Waals surface area contributed by atoms with Gasteiger partial charge in [-0.3, -0.25) is 9.59 Å². The number of aliphatic carboxylic acids is 1. The van der Waals surface area contributed by atoms with Gasteiger partial charge in [0.1, 0.15) is 0 Å². The van der Waals surface area contributed by atoms with E-state index < -0.39 is 11.4 Å². The van der Waals surface area contributed by atoms with Crippen molar-refractivity contribution in [2.45, 2.75) is 18.3 Å². The first-order valence-electron chi connectivity index (χ1n) is 11.4. The average molecular weight is 460 g/mol. The Morgan fingerprint density at radius 3 is 2.43 bits per heavy atom. The summed E-state index contributed by atoms with van der Waals surface area (Å²) in [7, 11) is 1.73. The Bertz CT molecular complexity index is 1620. The lowest BCUT2D eigenvalue weighted by molar-refractivity contribution is -0.136. The maximum absolute atomic E-state index is 14.3. The molecule has 0 bridgehead atoms. The number of rotatable bonds is 4. The van der Waals surface area contributed by atoms with Crippen LogP contribution in [-0.2, 0) is 21.4 Å². The van der Waals surface area contributed by atoms with E-state index in [1.54, 1.807) is 11.9 Å². The molecule has 1 N–H and O–H groups in total. The molecule has 0 fully saturated rings. The lowest BCUT2D eigenvalue weighted by Crippen LogP contribution is -2.40. The fourth-order valence-electron chi connectivity index (χ4n) is 5.86. The predicted octanol–water partition coefficient (Wildman–Crippen LogP) is 4.72. The molecule has 0 saturated heterocycles. The summed E-state index contributed by atoms with van der Waals surface area (Å²) in [5, 5.41) is 21.1. The third kappa shape index (κ3) is 2.58. The van der Waals surface area contributed by atoms with E-state index in [2.05, 4.69) is 6.07 Å². The number of benzene rings is 3. The highest BCUT2D eigenvalue weighted by Crippen LogP contribution is 2.58. The van der Waals surface area contributed by atoms with Gasteiger partial charge in [0, 0.05) is 30.1 Å². The van der Waals surface area contributed by atoms with Crippen molar-refractivity contribution in [2.24, 2.45) is 0 Å². The van der Waals surface area contributed by atoms with E-state index in [0.29, 0.717) is 17.0 Å². The molecule has 1 amide bonds. The van der Waals surface area contributed by atoms with Gasteiger partial charge in [-0.05, 0) is 29.7 Å². The number of anilines is 1. The summed E-state index contributed by atoms with van der Waals surface area (Å²) < 4.78 is 2.02. The Balaban J connectivity index is 1.83. The molecule has 6 heteroatoms. The SMILES string of the molecule is CN1C(=O)C2(C(C#N)=C(c3ccccc3)n3c2c(CCC(=O)O)c2ccccc23)c2ccccc21. The quantitative estimate of drug-likeness (QED) is 0.479. The van der Waals surface area contributed by atoms with Crippen LogP contribution in [0.1, 0.15) is 28.8 Å². The van der Waals surface area contributed by atoms with Crippen LogP contribution in [0.25, 0.3) is 16.6 Å². The van der Waals surface area contributed by atoms with E-state index in [1.165, 1.54) is 0 Å². The lowest BCUT2D eigenvalue weighted by atomic mass is 9.71. The van der Waals surface area contributed by atoms with Crippen LogP contribution in [0.3, 0.4) is 0 Å². The van der Waals surface area contributed by atoms with Crippen molar-refractivity contribution in [3.05, 3.63) is 107 Å². The summed E-state index contributed by atoms with van der Waals surface area (Å²) in [5.74, 6) is -1.12. The van der Waals surface area contributed by atoms with Gasteiger partial charge in [0.05, 0.1) is 28.5 Å². The molecular formula is C29H21N3O3. The van der Waals surface area contributed by atoms with Crippen LogP contribution < -0.4 is 4.90 Å². The van der Waals surface area contributed by atoms with Crippen molar-refractivity contribution in [3.8, 4) is 6.07 Å². The summed E-state index contributed by atoms with van der Waals surface area (Å²) in [6.07, 6.45) is 0.172. The molecule has 0 radical (unpaired) electrons. The Hall–Kier alpha value is -4.63. The van der Waals surface area contributed by atoms with Crippen molar-refractivity contribution >= 4 is 34.2 Å². The number of fused-ring (bicyclic) bond motifs is 6. The van der Waals surface area contributed by atoms with Gasteiger partial charge >= 0.3 is 5.97 Å². The molecule has 0 aliphatic carbocycles. The first-order chi connectivity index (χ1) is 17.0. The third-order valence-electron chi connectivity index (χ3n) is 7.21. The third-order valence-corrected chi connectivity index (χ3v) is 7.21. The molecule has 6 rings (SSSR count). The van der Waals surface area contributed by atoms with Gasteiger partial charge in [0.15, 0.2) is 5.41 Å². The average Bonchev–Trinajstić information content (AvgIpc) is 3.45. The van der Waals surface area contributed by atoms with Crippen molar-refractivity contribution in [2.75, 3.05) is 11.9 Å². The molecule has 2 aliphatic rings. The van der Waals surface area contributed by atoms with E-state index in [1.807, 2.05) is 83.4 Å². The molecule has 1 aromatic heterocycles. The molecule has 2 aliphatic heterocycles. The van der Waals surface area contributed by atoms with Crippen LogP contribution in [0, 0.1) is 11.3 Å². The molecule has 1 unspecified atom stereocenters. The van der Waals surface area contributed by atoms with Gasteiger partial charge in [0.25, 0.3) is 0 Å². The van der Waals surface area contributed by atoms with Crippen LogP contribution in [0.5, 0.6) is 0 Å². The number of para-hydroxylation sites is 2. The zero-order chi connectivity index (χ0) is 24.3. The highest BCUT2D eigenvalue weighted by molar-refractivity contribution is 6.17. The Labute approximate surface area is 201 Å². The lowest BCUT2D eigenvalue weighted by Gasteiger charge is -2.25. The van der Waals surface area contributed by atoms with E-state index in [-0.39, 0.29) is 18.7 Å². The molecule has 0 saturated carbocycles. The number of nitriles is 1. The summed E-state index contributed by atoms with van der Waals surface area (Å²) in [6, 6.07) is 27.4. The van der Waals surface area contributed by atoms with Gasteiger partial charge in [-0.2, -0.15) is 5.26 Å². The molecule has 3 aromatic carbocycles. The van der Waals surface area contributed by atoms with Crippen LogP contribution in [0.2, 0.25) is 0 Å². The predicted molar refractivity (Wildman–Crippen MR) is 133 cm³/mol. The van der Waals surface area contributed by atoms with Gasteiger partial charge in [-0.15, -0.1) is 0 Å². The minimum Gasteiger partial charge on any atom is -0.481 e. The van der Waals surface area contributed by atoms with Crippen molar-refractivity contribution in [3.63, 3.8) is 0 Å². The number of hydrogen-bond donors (Lipinski definition) is 1. The number of likely N-dealkylation sites (N-methyl/N-ethyl adjacent to an activating group) is 1. The fourth-order valence-corrected chi connectivity index (χ4v) is 5.86. The minimum atomic E-state index is -1.35. The van der Waals surface area contributed by atoms with E-state index >= 15 is 0 Å². The van der Waals surface area contributed by atoms with Gasteiger partial charge in [-0.1, -0.05) is 66.7 Å². The van der Waals surface area contributed by atoms with Gasteiger partial charge < -0.3 is 14.6 Å². The normalized spacial score (nSPS) is 18.3. The Morgan fingerprint density at radius 1 is 1.00 bits per heavy atom. The first kappa shape index (κ1) is 20.9. The van der Waals surface area contributed by atoms with E-state index in [0.717, 1.165) is 33.3 Å². The van der Waals surface area contributed by atoms with E-state index in [9.17, 15) is 20.0 Å². The smallest absolute Gasteiger partial charge is 0.303 e. The number of carbonyl (C=O) groups is 2. The number of nitrogens with zero attached hydrogens (tertiary/aromatic N) is 3. The number of carboxylic acids is 1. The molecule has 170 valence electrons. The number of aromatic nitrogens is 1. The Morgan fingerprint density at radius 2 is 1.69 bits per heavy atom. The highest BCUT2D eigenvalue weighted by Gasteiger charge is 2.61. The van der Waals surface area contributed by atoms with Crippen molar-refractivity contribution < 1.29 is 14.7 Å². The molecule has 1 spiro atoms. The van der Waals surface area contributed by atoms with Crippen molar-refractivity contribution in [1.82, 2.24) is 4.57 Å². The number of amides is 1. The standard InChI is InChI=1S/C29H21N3O3/c1-31-24-14-8-6-12-21(24)29(28(31)35)22(17-30)26(18-9-3-2-4-10-18)32-23-13-7-5-11-19(23)20(27(29)32)15-16-25(33)34/h2-14H,15-16H2,1H3,(H,33,34). The number of aryl methyl sites for hydroxylation is 1. The van der Waals surface area contributed by atoms with Crippen LogP contribution >= 0.6 is 0 Å². The topological polar surface area (TPSA) is 86.3 Å². The van der Waals surface area contributed by atoms with Crippen LogP contribution in [-0.4, -0.2) is 28.6 Å². The van der Waals surface area contributed by atoms with E-state index in [4.69, 9.17) is 0 Å². The van der Waals surface area contributed by atoms with Gasteiger partial charge in [0.2, 0.25) is 5.91 Å². The second-order valence-corrected chi connectivity index (χ2v) is 8.91. The summed E-state index contributed by atoms with van der Waals surface area (Å²) in [4.78, 5) is 27.5. The number of hydrogen-bond acceptors (Lipinski definition) is 3. The number of carboxylic acid groups (broad SMARTS) is 1. The molecule has 35 heavy (non-hydrogen) atoms. The largest absolute Gasteiger partial charge is 0.481 e. The molecular weight excluding hydrogens is 438 g/mol. The molecule has 1 atom stereocenters. The Kier molecular flexibility index (Phi) is 4.45. The molecule has 4 aromatic rings. The maximum Gasteiger partial charge on any atom is 0.303 e. The van der Waals surface area contributed by atoms with Crippen molar-refractivity contribution in [1.29, 1.82) is 5.26 Å². The molecule has 3 heterocycles. The second-order valence-electron chi connectivity index (χ2n) is 8.91. The fraction of sp³-hybridized carbons (Fsp3) is 0.138. The number of carbonyl (C=O) groups excluding carboxylic acids is 1. The summed E-state index contributed by atoms with van der Waals surface area (Å²) in [5.41, 5.74) is 4.33. The summed E-state index contributed by atoms with van der Waals surface area (Å²) in [6.45, 7) is 0. The molecule has 6 nitrogen and oxygen atoms in total. The van der Waals surface area contributed by atoms with Gasteiger partial charge in [-0.25, -0.2) is 0 Å². The minimum absolute atomic E-state index is 0.0781. The zero-order valence-electron chi connectivity index (χ0n) is 19.0. The highest BCUT2D eigenvalue weighted by atomic mass is 16.4. The maximum atomic E-state index is 14.3. The van der Waals surface area contributed by atoms with Crippen LogP contribution in [0.15, 0.2) is 84.4 Å². The monoisotopic (exact) mass is 459 g/mol. The summed E-state index contributed by atoms with van der Waals surface area (Å²) >= 11 is 0. The zero-order valence-corrected chi connectivity index (χ0v) is 19.0. The second kappa shape index (κ2) is 7.44.